The van der Waals surface area contributed by atoms with Crippen molar-refractivity contribution in [3.05, 3.63) is 18.2 Å². The molecule has 6 nitrogen and oxygen atoms in total. The summed E-state index contributed by atoms with van der Waals surface area (Å²) in [5.74, 6) is 1.03. The van der Waals surface area contributed by atoms with Gasteiger partial charge in [0.05, 0.1) is 25.2 Å². The Balaban J connectivity index is 2.11. The molecular weight excluding hydrogens is 282 g/mol. The summed E-state index contributed by atoms with van der Waals surface area (Å²) in [4.78, 5) is 0.0816. The van der Waals surface area contributed by atoms with Gasteiger partial charge in [0.1, 0.15) is 0 Å². The summed E-state index contributed by atoms with van der Waals surface area (Å²) in [6.07, 6.45) is 1.29. The second-order valence-electron chi connectivity index (χ2n) is 4.77. The minimum atomic E-state index is -3.66. The molecule has 7 heteroatoms. The molecule has 1 aromatic carbocycles. The van der Waals surface area contributed by atoms with Gasteiger partial charge in [-0.2, -0.15) is 0 Å². The van der Waals surface area contributed by atoms with E-state index in [-0.39, 0.29) is 17.4 Å². The summed E-state index contributed by atoms with van der Waals surface area (Å²) in [5, 5.41) is 9.71. The Labute approximate surface area is 118 Å². The molecule has 1 aliphatic carbocycles. The van der Waals surface area contributed by atoms with E-state index in [0.29, 0.717) is 11.5 Å². The van der Waals surface area contributed by atoms with Crippen molar-refractivity contribution in [3.63, 3.8) is 0 Å². The number of nitrogens with one attached hydrogen (secondary N) is 1. The third-order valence-electron chi connectivity index (χ3n) is 3.31. The third kappa shape index (κ3) is 3.41. The average molecular weight is 301 g/mol. The monoisotopic (exact) mass is 301 g/mol. The van der Waals surface area contributed by atoms with Crippen LogP contribution in [-0.2, 0) is 10.0 Å². The van der Waals surface area contributed by atoms with Crippen LogP contribution in [0.5, 0.6) is 11.5 Å². The second kappa shape index (κ2) is 5.99. The number of rotatable bonds is 7. The van der Waals surface area contributed by atoms with Gasteiger partial charge in [-0.15, -0.1) is 0 Å². The Bertz CT molecular complexity index is 568. The Morgan fingerprint density at radius 2 is 1.95 bits per heavy atom. The van der Waals surface area contributed by atoms with Crippen molar-refractivity contribution < 1.29 is 23.0 Å². The molecule has 112 valence electrons. The van der Waals surface area contributed by atoms with Crippen molar-refractivity contribution in [2.45, 2.75) is 23.8 Å². The van der Waals surface area contributed by atoms with E-state index in [0.717, 1.165) is 12.8 Å². The predicted octanol–water partition coefficient (Wildman–Crippen LogP) is 0.753. The van der Waals surface area contributed by atoms with E-state index < -0.39 is 16.1 Å². The molecule has 1 fully saturated rings. The van der Waals surface area contributed by atoms with Crippen molar-refractivity contribution in [2.24, 2.45) is 5.92 Å². The lowest BCUT2D eigenvalue weighted by Crippen LogP contribution is -2.33. The Kier molecular flexibility index (Phi) is 4.52. The van der Waals surface area contributed by atoms with Gasteiger partial charge < -0.3 is 14.6 Å². The topological polar surface area (TPSA) is 84.9 Å². The lowest BCUT2D eigenvalue weighted by atomic mass is 10.2. The highest BCUT2D eigenvalue weighted by Crippen LogP contribution is 2.32. The minimum Gasteiger partial charge on any atom is -0.493 e. The summed E-state index contributed by atoms with van der Waals surface area (Å²) in [5.41, 5.74) is 0. The quantitative estimate of drug-likeness (QED) is 0.776. The van der Waals surface area contributed by atoms with Crippen LogP contribution in [0.25, 0.3) is 0 Å². The normalized spacial score (nSPS) is 16.8. The molecule has 0 aromatic heterocycles. The molecule has 0 radical (unpaired) electrons. The first-order chi connectivity index (χ1) is 9.47. The summed E-state index contributed by atoms with van der Waals surface area (Å²) in [6.45, 7) is 0.0291. The summed E-state index contributed by atoms with van der Waals surface area (Å²) >= 11 is 0. The smallest absolute Gasteiger partial charge is 0.240 e. The van der Waals surface area contributed by atoms with Crippen molar-refractivity contribution in [1.82, 2.24) is 4.72 Å². The van der Waals surface area contributed by atoms with E-state index >= 15 is 0 Å². The summed E-state index contributed by atoms with van der Waals surface area (Å²) < 4.78 is 36.8. The van der Waals surface area contributed by atoms with E-state index in [9.17, 15) is 13.5 Å². The highest BCUT2D eigenvalue weighted by molar-refractivity contribution is 7.89. The van der Waals surface area contributed by atoms with E-state index in [1.54, 1.807) is 0 Å². The van der Waals surface area contributed by atoms with E-state index in [1.807, 2.05) is 0 Å². The van der Waals surface area contributed by atoms with Crippen LogP contribution in [0.15, 0.2) is 23.1 Å². The largest absolute Gasteiger partial charge is 0.493 e. The van der Waals surface area contributed by atoms with Gasteiger partial charge in [-0.25, -0.2) is 13.1 Å². The van der Waals surface area contributed by atoms with Crippen LogP contribution in [0.3, 0.4) is 0 Å². The van der Waals surface area contributed by atoms with Crippen LogP contribution in [0.2, 0.25) is 0 Å². The van der Waals surface area contributed by atoms with E-state index in [4.69, 9.17) is 9.47 Å². The number of methoxy groups -OCH3 is 2. The lowest BCUT2D eigenvalue weighted by Gasteiger charge is -2.13. The first kappa shape index (κ1) is 15.1. The molecule has 1 atom stereocenters. The second-order valence-corrected chi connectivity index (χ2v) is 6.54. The van der Waals surface area contributed by atoms with Crippen LogP contribution in [0.4, 0.5) is 0 Å². The summed E-state index contributed by atoms with van der Waals surface area (Å²) in [7, 11) is -0.739. The number of aliphatic hydroxyl groups is 1. The minimum absolute atomic E-state index is 0.0291. The molecule has 2 rings (SSSR count). The Morgan fingerprint density at radius 3 is 2.50 bits per heavy atom. The molecule has 1 aromatic rings. The number of ether oxygens (including phenoxy) is 2. The van der Waals surface area contributed by atoms with Crippen molar-refractivity contribution in [3.8, 4) is 11.5 Å². The van der Waals surface area contributed by atoms with Crippen molar-refractivity contribution in [2.75, 3.05) is 20.8 Å². The Morgan fingerprint density at radius 1 is 1.30 bits per heavy atom. The maximum Gasteiger partial charge on any atom is 0.240 e. The molecule has 0 heterocycles. The van der Waals surface area contributed by atoms with Crippen LogP contribution in [0, 0.1) is 5.92 Å². The van der Waals surface area contributed by atoms with Gasteiger partial charge >= 0.3 is 0 Å². The van der Waals surface area contributed by atoms with E-state index in [1.165, 1.54) is 32.4 Å². The zero-order valence-corrected chi connectivity index (χ0v) is 12.3. The number of aliphatic hydroxyl groups excluding tert-OH is 1. The summed E-state index contributed by atoms with van der Waals surface area (Å²) in [6, 6.07) is 4.36. The average Bonchev–Trinajstić information content (AvgIpc) is 3.28. The zero-order valence-electron chi connectivity index (χ0n) is 11.5. The van der Waals surface area contributed by atoms with Gasteiger partial charge in [0, 0.05) is 12.6 Å². The molecular formula is C13H19NO5S. The molecule has 0 bridgehead atoms. The zero-order chi connectivity index (χ0) is 14.8. The molecule has 20 heavy (non-hydrogen) atoms. The third-order valence-corrected chi connectivity index (χ3v) is 4.74. The van der Waals surface area contributed by atoms with Gasteiger partial charge in [0.2, 0.25) is 10.0 Å². The highest BCUT2D eigenvalue weighted by atomic mass is 32.2. The SMILES string of the molecule is COc1ccc(S(=O)(=O)NCC(O)C2CC2)cc1OC. The first-order valence-corrected chi connectivity index (χ1v) is 7.86. The van der Waals surface area contributed by atoms with Crippen molar-refractivity contribution >= 4 is 10.0 Å². The maximum atomic E-state index is 12.1. The lowest BCUT2D eigenvalue weighted by molar-refractivity contribution is 0.155. The number of hydrogen-bond acceptors (Lipinski definition) is 5. The number of benzene rings is 1. The van der Waals surface area contributed by atoms with Gasteiger partial charge in [0.15, 0.2) is 11.5 Å². The molecule has 1 unspecified atom stereocenters. The van der Waals surface area contributed by atoms with Crippen LogP contribution < -0.4 is 14.2 Å². The van der Waals surface area contributed by atoms with Crippen LogP contribution in [-0.4, -0.2) is 40.4 Å². The fourth-order valence-electron chi connectivity index (χ4n) is 1.91. The molecule has 1 saturated carbocycles. The molecule has 0 aliphatic heterocycles. The molecule has 2 N–H and O–H groups in total. The predicted molar refractivity (Wildman–Crippen MR) is 73.5 cm³/mol. The highest BCUT2D eigenvalue weighted by Gasteiger charge is 2.30. The number of hydrogen-bond donors (Lipinski definition) is 2. The van der Waals surface area contributed by atoms with Crippen LogP contribution in [0.1, 0.15) is 12.8 Å². The van der Waals surface area contributed by atoms with Crippen molar-refractivity contribution in [1.29, 1.82) is 0 Å². The number of sulfonamides is 1. The molecule has 0 spiro atoms. The fourth-order valence-corrected chi connectivity index (χ4v) is 2.98. The molecule has 1 aliphatic rings. The van der Waals surface area contributed by atoms with Gasteiger partial charge in [0.25, 0.3) is 0 Å². The van der Waals surface area contributed by atoms with Gasteiger partial charge in [-0.3, -0.25) is 0 Å². The van der Waals surface area contributed by atoms with Gasteiger partial charge in [-0.1, -0.05) is 0 Å². The van der Waals surface area contributed by atoms with E-state index in [2.05, 4.69) is 4.72 Å². The first-order valence-electron chi connectivity index (χ1n) is 6.37. The van der Waals surface area contributed by atoms with Crippen LogP contribution >= 0.6 is 0 Å². The maximum absolute atomic E-state index is 12.1. The molecule has 0 saturated heterocycles. The standard InChI is InChI=1S/C13H19NO5S/c1-18-12-6-5-10(7-13(12)19-2)20(16,17)14-8-11(15)9-3-4-9/h5-7,9,11,14-15H,3-4,8H2,1-2H3. The Hall–Kier alpha value is -1.31. The molecule has 0 amide bonds. The van der Waals surface area contributed by atoms with Gasteiger partial charge in [-0.05, 0) is 30.9 Å². The fraction of sp³-hybridized carbons (Fsp3) is 0.538.